The van der Waals surface area contributed by atoms with Gasteiger partial charge in [-0.15, -0.1) is 11.6 Å². The molecular weight excluding hydrogens is 208 g/mol. The number of hydrogen-bond donors (Lipinski definition) is 0. The highest BCUT2D eigenvalue weighted by atomic mass is 35.5. The first-order chi connectivity index (χ1) is 7.00. The minimum atomic E-state index is 0.118. The Balaban J connectivity index is 2.49. The number of halogens is 1. The fourth-order valence-corrected chi connectivity index (χ4v) is 1.97. The maximum atomic E-state index is 11.7. The first kappa shape index (κ1) is 12.5. The Morgan fingerprint density at radius 3 is 2.67 bits per heavy atom. The summed E-state index contributed by atoms with van der Waals surface area (Å²) < 4.78 is 0. The van der Waals surface area contributed by atoms with Crippen LogP contribution in [0.15, 0.2) is 23.8 Å². The van der Waals surface area contributed by atoms with Crippen LogP contribution in [-0.2, 0) is 4.79 Å². The Kier molecular flexibility index (Phi) is 4.59. The lowest BCUT2D eigenvalue weighted by Gasteiger charge is -2.16. The summed E-state index contributed by atoms with van der Waals surface area (Å²) in [4.78, 5) is 11.7. The highest BCUT2D eigenvalue weighted by Gasteiger charge is 2.17. The second-order valence-corrected chi connectivity index (χ2v) is 5.11. The number of carbonyl (C=O) groups excluding carboxylic acids is 1. The Labute approximate surface area is 97.2 Å². The summed E-state index contributed by atoms with van der Waals surface area (Å²) in [5, 5.41) is 0.129. The molecule has 0 saturated carbocycles. The maximum absolute atomic E-state index is 11.7. The molecule has 2 atom stereocenters. The van der Waals surface area contributed by atoms with Gasteiger partial charge >= 0.3 is 0 Å². The third kappa shape index (κ3) is 3.83. The van der Waals surface area contributed by atoms with Gasteiger partial charge in [-0.2, -0.15) is 0 Å². The average Bonchev–Trinajstić information content (AvgIpc) is 2.20. The highest BCUT2D eigenvalue weighted by Crippen LogP contribution is 2.22. The highest BCUT2D eigenvalue weighted by molar-refractivity contribution is 6.22. The zero-order valence-electron chi connectivity index (χ0n) is 9.66. The molecular formula is C13H19ClO. The van der Waals surface area contributed by atoms with Crippen LogP contribution in [0.1, 0.15) is 33.6 Å². The van der Waals surface area contributed by atoms with Crippen LogP contribution in [0.5, 0.6) is 0 Å². The Morgan fingerprint density at radius 2 is 2.20 bits per heavy atom. The van der Waals surface area contributed by atoms with Gasteiger partial charge in [-0.1, -0.05) is 44.6 Å². The van der Waals surface area contributed by atoms with Crippen LogP contribution in [-0.4, -0.2) is 11.2 Å². The quantitative estimate of drug-likeness (QED) is 0.668. The number of allylic oxidation sites excluding steroid dienone is 4. The van der Waals surface area contributed by atoms with Gasteiger partial charge in [-0.25, -0.2) is 0 Å². The standard InChI is InChI=1S/C13H19ClO/c1-9(2)13(15)10(3)8-11-4-6-12(14)7-5-11/h4-6,9-10,12H,7-8H2,1-3H3. The summed E-state index contributed by atoms with van der Waals surface area (Å²) in [5.41, 5.74) is 1.24. The molecule has 0 radical (unpaired) electrons. The smallest absolute Gasteiger partial charge is 0.138 e. The van der Waals surface area contributed by atoms with Crippen molar-refractivity contribution in [1.82, 2.24) is 0 Å². The Bertz CT molecular complexity index is 289. The minimum absolute atomic E-state index is 0.118. The van der Waals surface area contributed by atoms with Crippen LogP contribution in [0, 0.1) is 11.8 Å². The third-order valence-corrected chi connectivity index (χ3v) is 3.04. The molecule has 0 aliphatic heterocycles. The van der Waals surface area contributed by atoms with E-state index >= 15 is 0 Å². The van der Waals surface area contributed by atoms with Gasteiger partial charge in [-0.3, -0.25) is 4.79 Å². The number of alkyl halides is 1. The lowest BCUT2D eigenvalue weighted by molar-refractivity contribution is -0.125. The van der Waals surface area contributed by atoms with Gasteiger partial charge < -0.3 is 0 Å². The predicted octanol–water partition coefficient (Wildman–Crippen LogP) is 3.73. The first-order valence-corrected chi connectivity index (χ1v) is 5.99. The second kappa shape index (κ2) is 5.50. The van der Waals surface area contributed by atoms with E-state index in [0.717, 1.165) is 12.8 Å². The van der Waals surface area contributed by atoms with Crippen molar-refractivity contribution in [3.05, 3.63) is 23.8 Å². The topological polar surface area (TPSA) is 17.1 Å². The summed E-state index contributed by atoms with van der Waals surface area (Å²) in [5.74, 6) is 0.596. The maximum Gasteiger partial charge on any atom is 0.138 e. The van der Waals surface area contributed by atoms with Gasteiger partial charge in [-0.05, 0) is 12.8 Å². The molecule has 0 aromatic carbocycles. The van der Waals surface area contributed by atoms with Gasteiger partial charge in [0.05, 0.1) is 5.38 Å². The fraction of sp³-hybridized carbons (Fsp3) is 0.615. The molecule has 0 heterocycles. The van der Waals surface area contributed by atoms with Crippen LogP contribution in [0.4, 0.5) is 0 Å². The van der Waals surface area contributed by atoms with Crippen molar-refractivity contribution in [1.29, 1.82) is 0 Å². The summed E-state index contributed by atoms with van der Waals surface area (Å²) >= 11 is 5.93. The molecule has 2 heteroatoms. The van der Waals surface area contributed by atoms with E-state index in [-0.39, 0.29) is 17.2 Å². The number of ketones is 1. The number of carbonyl (C=O) groups is 1. The molecule has 2 unspecified atom stereocenters. The van der Waals surface area contributed by atoms with E-state index in [1.807, 2.05) is 32.9 Å². The van der Waals surface area contributed by atoms with Crippen molar-refractivity contribution >= 4 is 17.4 Å². The van der Waals surface area contributed by atoms with Crippen LogP contribution in [0.2, 0.25) is 0 Å². The molecule has 0 N–H and O–H groups in total. The summed E-state index contributed by atoms with van der Waals surface area (Å²) in [6.07, 6.45) is 7.92. The third-order valence-electron chi connectivity index (χ3n) is 2.72. The molecule has 1 nitrogen and oxygen atoms in total. The predicted molar refractivity (Wildman–Crippen MR) is 65.1 cm³/mol. The average molecular weight is 227 g/mol. The molecule has 1 aliphatic carbocycles. The molecule has 0 spiro atoms. The molecule has 1 aliphatic rings. The van der Waals surface area contributed by atoms with Gasteiger partial charge in [0.2, 0.25) is 0 Å². The normalized spacial score (nSPS) is 22.7. The Hall–Kier alpha value is -0.560. The number of rotatable bonds is 4. The molecule has 0 amide bonds. The van der Waals surface area contributed by atoms with Crippen LogP contribution < -0.4 is 0 Å². The molecule has 0 saturated heterocycles. The van der Waals surface area contributed by atoms with Crippen molar-refractivity contribution in [3.8, 4) is 0 Å². The Morgan fingerprint density at radius 1 is 1.53 bits per heavy atom. The van der Waals surface area contributed by atoms with E-state index in [4.69, 9.17) is 11.6 Å². The van der Waals surface area contributed by atoms with Crippen LogP contribution in [0.25, 0.3) is 0 Å². The van der Waals surface area contributed by atoms with Gasteiger partial charge in [0.1, 0.15) is 5.78 Å². The van der Waals surface area contributed by atoms with E-state index in [0.29, 0.717) is 5.78 Å². The molecule has 0 aromatic heterocycles. The first-order valence-electron chi connectivity index (χ1n) is 5.55. The van der Waals surface area contributed by atoms with Crippen molar-refractivity contribution in [2.45, 2.75) is 39.0 Å². The van der Waals surface area contributed by atoms with Crippen molar-refractivity contribution in [2.75, 3.05) is 0 Å². The number of hydrogen-bond acceptors (Lipinski definition) is 1. The van der Waals surface area contributed by atoms with E-state index < -0.39 is 0 Å². The molecule has 1 rings (SSSR count). The van der Waals surface area contributed by atoms with Crippen LogP contribution >= 0.6 is 11.6 Å². The van der Waals surface area contributed by atoms with E-state index in [2.05, 4.69) is 6.08 Å². The SMILES string of the molecule is CC(C)C(=O)C(C)CC1=CCC(Cl)C=C1. The van der Waals surface area contributed by atoms with Crippen molar-refractivity contribution in [3.63, 3.8) is 0 Å². The molecule has 84 valence electrons. The van der Waals surface area contributed by atoms with Crippen LogP contribution in [0.3, 0.4) is 0 Å². The molecule has 0 fully saturated rings. The minimum Gasteiger partial charge on any atom is -0.299 e. The van der Waals surface area contributed by atoms with E-state index in [1.165, 1.54) is 5.57 Å². The lowest BCUT2D eigenvalue weighted by Crippen LogP contribution is -2.17. The summed E-state index contributed by atoms with van der Waals surface area (Å²) in [6, 6.07) is 0. The largest absolute Gasteiger partial charge is 0.299 e. The summed E-state index contributed by atoms with van der Waals surface area (Å²) in [6.45, 7) is 5.92. The summed E-state index contributed by atoms with van der Waals surface area (Å²) in [7, 11) is 0. The van der Waals surface area contributed by atoms with Crippen molar-refractivity contribution < 1.29 is 4.79 Å². The van der Waals surface area contributed by atoms with E-state index in [9.17, 15) is 4.79 Å². The lowest BCUT2D eigenvalue weighted by atomic mass is 9.89. The molecule has 15 heavy (non-hydrogen) atoms. The fourth-order valence-electron chi connectivity index (χ4n) is 1.81. The van der Waals surface area contributed by atoms with Gasteiger partial charge in [0.25, 0.3) is 0 Å². The zero-order chi connectivity index (χ0) is 11.4. The van der Waals surface area contributed by atoms with Gasteiger partial charge in [0.15, 0.2) is 0 Å². The van der Waals surface area contributed by atoms with Crippen molar-refractivity contribution in [2.24, 2.45) is 11.8 Å². The van der Waals surface area contributed by atoms with Gasteiger partial charge in [0, 0.05) is 11.8 Å². The zero-order valence-corrected chi connectivity index (χ0v) is 10.4. The number of Topliss-reactive ketones (excluding diaryl/α,β-unsaturated/α-hetero) is 1. The molecule has 0 bridgehead atoms. The van der Waals surface area contributed by atoms with E-state index in [1.54, 1.807) is 0 Å². The second-order valence-electron chi connectivity index (χ2n) is 4.55. The molecule has 0 aromatic rings. The monoisotopic (exact) mass is 226 g/mol.